The van der Waals surface area contributed by atoms with Crippen LogP contribution in [0.3, 0.4) is 0 Å². The minimum absolute atomic E-state index is 0.0149. The van der Waals surface area contributed by atoms with Gasteiger partial charge in [-0.25, -0.2) is 0 Å². The number of hydrogen-bond donors (Lipinski definition) is 3. The molecule has 0 radical (unpaired) electrons. The molecule has 8 heteroatoms. The Bertz CT molecular complexity index is 797. The lowest BCUT2D eigenvalue weighted by atomic mass is 10.1. The Kier molecular flexibility index (Phi) is 5.97. The molecule has 0 fully saturated rings. The minimum Gasteiger partial charge on any atom is -0.480 e. The zero-order valence-electron chi connectivity index (χ0n) is 13.2. The van der Waals surface area contributed by atoms with Crippen molar-refractivity contribution in [3.8, 4) is 0 Å². The first-order chi connectivity index (χ1) is 11.9. The van der Waals surface area contributed by atoms with Gasteiger partial charge in [-0.15, -0.1) is 0 Å². The standard InChI is InChI=1S/C17H15ClN2O5/c1-10(17(23)24)19-15(21)13(9-11-4-6-12(18)7-5-11)20-16(22)14-3-2-8-25-14/h2-10H,1H3,(H,19,21)(H,20,22)(H,23,24). The van der Waals surface area contributed by atoms with E-state index >= 15 is 0 Å². The number of nitrogens with one attached hydrogen (secondary N) is 2. The number of carboxylic acids is 1. The van der Waals surface area contributed by atoms with E-state index in [1.54, 1.807) is 24.3 Å². The fraction of sp³-hybridized carbons (Fsp3) is 0.118. The van der Waals surface area contributed by atoms with Crippen molar-refractivity contribution in [1.29, 1.82) is 0 Å². The van der Waals surface area contributed by atoms with Crippen LogP contribution in [0.2, 0.25) is 5.02 Å². The van der Waals surface area contributed by atoms with Crippen LogP contribution in [0.4, 0.5) is 0 Å². The Labute approximate surface area is 148 Å². The van der Waals surface area contributed by atoms with Crippen molar-refractivity contribution in [2.45, 2.75) is 13.0 Å². The van der Waals surface area contributed by atoms with Crippen molar-refractivity contribution < 1.29 is 23.9 Å². The van der Waals surface area contributed by atoms with Crippen LogP contribution in [0.1, 0.15) is 23.0 Å². The molecule has 0 aliphatic carbocycles. The second-order valence-corrected chi connectivity index (χ2v) is 5.51. The number of carbonyl (C=O) groups excluding carboxylic acids is 2. The van der Waals surface area contributed by atoms with Crippen molar-refractivity contribution in [2.24, 2.45) is 0 Å². The highest BCUT2D eigenvalue weighted by atomic mass is 35.5. The number of hydrogen-bond acceptors (Lipinski definition) is 4. The maximum Gasteiger partial charge on any atom is 0.325 e. The summed E-state index contributed by atoms with van der Waals surface area (Å²) in [6.45, 7) is 1.31. The lowest BCUT2D eigenvalue weighted by Gasteiger charge is -2.13. The zero-order valence-corrected chi connectivity index (χ0v) is 13.9. The zero-order chi connectivity index (χ0) is 18.4. The Balaban J connectivity index is 2.26. The largest absolute Gasteiger partial charge is 0.480 e. The number of aliphatic carboxylic acids is 1. The van der Waals surface area contributed by atoms with E-state index in [1.165, 1.54) is 31.4 Å². The van der Waals surface area contributed by atoms with Crippen LogP contribution in [-0.2, 0) is 9.59 Å². The third-order valence-corrected chi connectivity index (χ3v) is 3.39. The number of amides is 2. The van der Waals surface area contributed by atoms with Crippen LogP contribution in [0, 0.1) is 0 Å². The first kappa shape index (κ1) is 18.3. The van der Waals surface area contributed by atoms with Gasteiger partial charge in [0.2, 0.25) is 0 Å². The average molecular weight is 363 g/mol. The van der Waals surface area contributed by atoms with Gasteiger partial charge in [0.25, 0.3) is 11.8 Å². The lowest BCUT2D eigenvalue weighted by molar-refractivity contribution is -0.140. The fourth-order valence-corrected chi connectivity index (χ4v) is 1.94. The molecule has 0 saturated heterocycles. The molecule has 1 heterocycles. The topological polar surface area (TPSA) is 109 Å². The molecule has 3 N–H and O–H groups in total. The third kappa shape index (κ3) is 5.22. The summed E-state index contributed by atoms with van der Waals surface area (Å²) in [5, 5.41) is 14.1. The van der Waals surface area contributed by atoms with E-state index in [2.05, 4.69) is 10.6 Å². The first-order valence-electron chi connectivity index (χ1n) is 7.22. The molecule has 7 nitrogen and oxygen atoms in total. The molecule has 2 aromatic rings. The quantitative estimate of drug-likeness (QED) is 0.683. The smallest absolute Gasteiger partial charge is 0.325 e. The number of halogens is 1. The molecule has 2 amide bonds. The number of benzene rings is 1. The molecule has 1 atom stereocenters. The fourth-order valence-electron chi connectivity index (χ4n) is 1.81. The predicted octanol–water partition coefficient (Wildman–Crippen LogP) is 2.29. The van der Waals surface area contributed by atoms with Gasteiger partial charge in [0.1, 0.15) is 11.7 Å². The normalized spacial score (nSPS) is 12.3. The Morgan fingerprint density at radius 3 is 2.44 bits per heavy atom. The van der Waals surface area contributed by atoms with E-state index < -0.39 is 23.8 Å². The molecule has 25 heavy (non-hydrogen) atoms. The molecule has 0 aliphatic rings. The van der Waals surface area contributed by atoms with Crippen LogP contribution in [-0.4, -0.2) is 28.9 Å². The van der Waals surface area contributed by atoms with Crippen molar-refractivity contribution in [3.05, 3.63) is 64.7 Å². The molecule has 1 aromatic carbocycles. The summed E-state index contributed by atoms with van der Waals surface area (Å²) in [7, 11) is 0. The van der Waals surface area contributed by atoms with E-state index in [9.17, 15) is 14.4 Å². The third-order valence-electron chi connectivity index (χ3n) is 3.14. The second-order valence-electron chi connectivity index (χ2n) is 5.07. The van der Waals surface area contributed by atoms with Crippen LogP contribution in [0.25, 0.3) is 6.08 Å². The van der Waals surface area contributed by atoms with Crippen LogP contribution >= 0.6 is 11.6 Å². The minimum atomic E-state index is -1.20. The highest BCUT2D eigenvalue weighted by Crippen LogP contribution is 2.12. The van der Waals surface area contributed by atoms with Gasteiger partial charge < -0.3 is 20.2 Å². The van der Waals surface area contributed by atoms with E-state index in [0.717, 1.165) is 0 Å². The Morgan fingerprint density at radius 2 is 1.88 bits per heavy atom. The molecule has 1 unspecified atom stereocenters. The molecule has 1 aromatic heterocycles. The summed E-state index contributed by atoms with van der Waals surface area (Å²) >= 11 is 5.82. The van der Waals surface area contributed by atoms with Crippen molar-refractivity contribution in [1.82, 2.24) is 10.6 Å². The molecule has 0 bridgehead atoms. The second kappa shape index (κ2) is 8.16. The van der Waals surface area contributed by atoms with E-state index in [0.29, 0.717) is 10.6 Å². The van der Waals surface area contributed by atoms with Crippen molar-refractivity contribution in [3.63, 3.8) is 0 Å². The summed E-state index contributed by atoms with van der Waals surface area (Å²) in [5.41, 5.74) is 0.467. The van der Waals surface area contributed by atoms with Crippen molar-refractivity contribution in [2.75, 3.05) is 0 Å². The molecular weight excluding hydrogens is 348 g/mol. The summed E-state index contributed by atoms with van der Waals surface area (Å²) < 4.78 is 4.98. The highest BCUT2D eigenvalue weighted by Gasteiger charge is 2.20. The van der Waals surface area contributed by atoms with Gasteiger partial charge >= 0.3 is 5.97 Å². The summed E-state index contributed by atoms with van der Waals surface area (Å²) in [6, 6.07) is 8.39. The summed E-state index contributed by atoms with van der Waals surface area (Å²) in [6.07, 6.45) is 2.73. The number of furan rings is 1. The predicted molar refractivity (Wildman–Crippen MR) is 90.8 cm³/mol. The van der Waals surface area contributed by atoms with E-state index in [-0.39, 0.29) is 11.5 Å². The number of rotatable bonds is 6. The van der Waals surface area contributed by atoms with Crippen LogP contribution < -0.4 is 10.6 Å². The van der Waals surface area contributed by atoms with Crippen LogP contribution in [0.5, 0.6) is 0 Å². The van der Waals surface area contributed by atoms with Gasteiger partial charge in [-0.2, -0.15) is 0 Å². The highest BCUT2D eigenvalue weighted by molar-refractivity contribution is 6.30. The molecular formula is C17H15ClN2O5. The summed E-state index contributed by atoms with van der Waals surface area (Å²) in [4.78, 5) is 35.4. The van der Waals surface area contributed by atoms with Gasteiger partial charge in [0, 0.05) is 5.02 Å². The maximum atomic E-state index is 12.3. The average Bonchev–Trinajstić information content (AvgIpc) is 3.10. The maximum absolute atomic E-state index is 12.3. The molecule has 130 valence electrons. The number of carbonyl (C=O) groups is 3. The van der Waals surface area contributed by atoms with Gasteiger partial charge in [0.15, 0.2) is 5.76 Å². The Hall–Kier alpha value is -3.06. The Morgan fingerprint density at radius 1 is 1.20 bits per heavy atom. The van der Waals surface area contributed by atoms with Gasteiger partial charge in [0.05, 0.1) is 6.26 Å². The van der Waals surface area contributed by atoms with Gasteiger partial charge in [-0.05, 0) is 42.8 Å². The summed E-state index contributed by atoms with van der Waals surface area (Å²) in [5.74, 6) is -2.56. The molecule has 0 spiro atoms. The lowest BCUT2D eigenvalue weighted by Crippen LogP contribution is -2.42. The molecule has 0 saturated carbocycles. The van der Waals surface area contributed by atoms with Gasteiger partial charge in [-0.3, -0.25) is 14.4 Å². The SMILES string of the molecule is CC(NC(=O)C(=Cc1ccc(Cl)cc1)NC(=O)c1ccco1)C(=O)O. The van der Waals surface area contributed by atoms with Crippen LogP contribution in [0.15, 0.2) is 52.8 Å². The monoisotopic (exact) mass is 362 g/mol. The van der Waals surface area contributed by atoms with Crippen molar-refractivity contribution >= 4 is 35.5 Å². The van der Waals surface area contributed by atoms with Gasteiger partial charge in [-0.1, -0.05) is 23.7 Å². The molecule has 2 rings (SSSR count). The number of carboxylic acid groups (broad SMARTS) is 1. The molecule has 0 aliphatic heterocycles. The van der Waals surface area contributed by atoms with E-state index in [4.69, 9.17) is 21.1 Å². The van der Waals surface area contributed by atoms with E-state index in [1.807, 2.05) is 0 Å². The first-order valence-corrected chi connectivity index (χ1v) is 7.60.